The maximum atomic E-state index is 5.44. The predicted octanol–water partition coefficient (Wildman–Crippen LogP) is 3.15. The van der Waals surface area contributed by atoms with Crippen molar-refractivity contribution in [3.63, 3.8) is 0 Å². The van der Waals surface area contributed by atoms with E-state index in [1.165, 1.54) is 5.56 Å². The number of benzene rings is 1. The number of aryl methyl sites for hydroxylation is 2. The van der Waals surface area contributed by atoms with Gasteiger partial charge in [0.2, 0.25) is 5.89 Å². The van der Waals surface area contributed by atoms with E-state index >= 15 is 0 Å². The van der Waals surface area contributed by atoms with Gasteiger partial charge in [-0.1, -0.05) is 12.1 Å². The van der Waals surface area contributed by atoms with Crippen LogP contribution < -0.4 is 10.1 Å². The van der Waals surface area contributed by atoms with Crippen molar-refractivity contribution in [1.29, 1.82) is 0 Å². The molecular formula is C15H20N2O2. The minimum atomic E-state index is 0.169. The lowest BCUT2D eigenvalue weighted by Crippen LogP contribution is -2.19. The Hall–Kier alpha value is -1.81. The van der Waals surface area contributed by atoms with E-state index in [0.717, 1.165) is 17.1 Å². The zero-order chi connectivity index (χ0) is 13.8. The second-order valence-electron chi connectivity index (χ2n) is 4.71. The normalized spacial score (nSPS) is 12.4. The van der Waals surface area contributed by atoms with Crippen LogP contribution in [0.5, 0.6) is 5.75 Å². The van der Waals surface area contributed by atoms with Gasteiger partial charge < -0.3 is 14.5 Å². The molecule has 1 heterocycles. The summed E-state index contributed by atoms with van der Waals surface area (Å²) < 4.78 is 10.9. The van der Waals surface area contributed by atoms with Gasteiger partial charge in [0.1, 0.15) is 11.5 Å². The quantitative estimate of drug-likeness (QED) is 0.897. The molecule has 2 rings (SSSR count). The highest BCUT2D eigenvalue weighted by atomic mass is 16.5. The second-order valence-corrected chi connectivity index (χ2v) is 4.71. The minimum Gasteiger partial charge on any atom is -0.496 e. The van der Waals surface area contributed by atoms with E-state index in [2.05, 4.69) is 36.3 Å². The molecule has 1 unspecified atom stereocenters. The van der Waals surface area contributed by atoms with Crippen LogP contribution in [0.3, 0.4) is 0 Å². The largest absolute Gasteiger partial charge is 0.496 e. The molecule has 0 bridgehead atoms. The lowest BCUT2D eigenvalue weighted by atomic mass is 10.0. The number of hydrogen-bond donors (Lipinski definition) is 1. The summed E-state index contributed by atoms with van der Waals surface area (Å²) >= 11 is 0. The number of nitrogens with one attached hydrogen (secondary N) is 1. The molecular weight excluding hydrogens is 240 g/mol. The van der Waals surface area contributed by atoms with E-state index in [9.17, 15) is 0 Å². The first-order chi connectivity index (χ1) is 9.10. The maximum absolute atomic E-state index is 5.44. The Morgan fingerprint density at radius 3 is 2.79 bits per heavy atom. The van der Waals surface area contributed by atoms with Gasteiger partial charge in [0.15, 0.2) is 0 Å². The van der Waals surface area contributed by atoms with Gasteiger partial charge in [-0.2, -0.15) is 0 Å². The van der Waals surface area contributed by atoms with E-state index in [0.29, 0.717) is 12.4 Å². The molecule has 102 valence electrons. The van der Waals surface area contributed by atoms with Gasteiger partial charge in [0.05, 0.1) is 19.9 Å². The van der Waals surface area contributed by atoms with E-state index < -0.39 is 0 Å². The highest BCUT2D eigenvalue weighted by Gasteiger charge is 2.12. The molecule has 0 saturated heterocycles. The van der Waals surface area contributed by atoms with Crippen molar-refractivity contribution in [3.8, 4) is 5.75 Å². The van der Waals surface area contributed by atoms with Crippen molar-refractivity contribution < 1.29 is 9.15 Å². The average molecular weight is 260 g/mol. The number of ether oxygens (including phenoxy) is 1. The second kappa shape index (κ2) is 5.89. The van der Waals surface area contributed by atoms with Crippen LogP contribution in [0.25, 0.3) is 0 Å². The molecule has 1 N–H and O–H groups in total. The van der Waals surface area contributed by atoms with Crippen LogP contribution in [0.15, 0.2) is 28.8 Å². The number of methoxy groups -OCH3 is 1. The molecule has 0 fully saturated rings. The molecule has 0 aliphatic heterocycles. The van der Waals surface area contributed by atoms with Gasteiger partial charge in [-0.05, 0) is 32.4 Å². The summed E-state index contributed by atoms with van der Waals surface area (Å²) in [5.41, 5.74) is 2.33. The fourth-order valence-corrected chi connectivity index (χ4v) is 2.01. The van der Waals surface area contributed by atoms with Crippen LogP contribution in [0.1, 0.15) is 35.7 Å². The number of aromatic nitrogens is 1. The van der Waals surface area contributed by atoms with Gasteiger partial charge in [0.25, 0.3) is 0 Å². The summed E-state index contributed by atoms with van der Waals surface area (Å²) in [6.07, 6.45) is 1.73. The zero-order valence-corrected chi connectivity index (χ0v) is 11.9. The van der Waals surface area contributed by atoms with Crippen molar-refractivity contribution in [2.75, 3.05) is 7.11 Å². The summed E-state index contributed by atoms with van der Waals surface area (Å²) in [4.78, 5) is 4.18. The third-order valence-corrected chi connectivity index (χ3v) is 3.08. The minimum absolute atomic E-state index is 0.169. The van der Waals surface area contributed by atoms with Gasteiger partial charge in [-0.25, -0.2) is 4.98 Å². The summed E-state index contributed by atoms with van der Waals surface area (Å²) in [5.74, 6) is 2.44. The first-order valence-corrected chi connectivity index (χ1v) is 6.39. The van der Waals surface area contributed by atoms with Crippen LogP contribution in [-0.2, 0) is 6.54 Å². The molecule has 1 aromatic carbocycles. The lowest BCUT2D eigenvalue weighted by molar-refractivity contribution is 0.394. The molecule has 4 nitrogen and oxygen atoms in total. The van der Waals surface area contributed by atoms with Crippen molar-refractivity contribution in [1.82, 2.24) is 10.3 Å². The fourth-order valence-electron chi connectivity index (χ4n) is 2.01. The number of oxazole rings is 1. The van der Waals surface area contributed by atoms with Gasteiger partial charge >= 0.3 is 0 Å². The SMILES string of the molecule is COc1cc(C)ccc1C(C)NCc1ncc(C)o1. The first kappa shape index (κ1) is 13.6. The molecule has 19 heavy (non-hydrogen) atoms. The molecule has 4 heteroatoms. The van der Waals surface area contributed by atoms with E-state index in [1.54, 1.807) is 13.3 Å². The molecule has 0 saturated carbocycles. The molecule has 0 aliphatic rings. The molecule has 2 aromatic rings. The van der Waals surface area contributed by atoms with Crippen LogP contribution >= 0.6 is 0 Å². The highest BCUT2D eigenvalue weighted by molar-refractivity contribution is 5.39. The van der Waals surface area contributed by atoms with Gasteiger partial charge in [-0.3, -0.25) is 0 Å². The Kier molecular flexibility index (Phi) is 4.22. The van der Waals surface area contributed by atoms with Crippen molar-refractivity contribution in [2.24, 2.45) is 0 Å². The Morgan fingerprint density at radius 2 is 2.16 bits per heavy atom. The molecule has 1 aromatic heterocycles. The van der Waals surface area contributed by atoms with Crippen molar-refractivity contribution >= 4 is 0 Å². The molecule has 0 radical (unpaired) electrons. The number of nitrogens with zero attached hydrogens (tertiary/aromatic N) is 1. The standard InChI is InChI=1S/C15H20N2O2/c1-10-5-6-13(14(7-10)18-4)12(3)16-9-15-17-8-11(2)19-15/h5-8,12,16H,9H2,1-4H3. The van der Waals surface area contributed by atoms with E-state index in [-0.39, 0.29) is 6.04 Å². The molecule has 0 spiro atoms. The van der Waals surface area contributed by atoms with Crippen LogP contribution in [0.4, 0.5) is 0 Å². The predicted molar refractivity (Wildman–Crippen MR) is 74.2 cm³/mol. The Bertz CT molecular complexity index is 549. The Morgan fingerprint density at radius 1 is 1.37 bits per heavy atom. The fraction of sp³-hybridized carbons (Fsp3) is 0.400. The molecule has 0 aliphatic carbocycles. The van der Waals surface area contributed by atoms with E-state index in [4.69, 9.17) is 9.15 Å². The van der Waals surface area contributed by atoms with Crippen molar-refractivity contribution in [3.05, 3.63) is 47.2 Å². The third-order valence-electron chi connectivity index (χ3n) is 3.08. The zero-order valence-electron chi connectivity index (χ0n) is 11.9. The highest BCUT2D eigenvalue weighted by Crippen LogP contribution is 2.26. The summed E-state index contributed by atoms with van der Waals surface area (Å²) in [6.45, 7) is 6.65. The van der Waals surface area contributed by atoms with Crippen LogP contribution in [-0.4, -0.2) is 12.1 Å². The first-order valence-electron chi connectivity index (χ1n) is 6.39. The van der Waals surface area contributed by atoms with E-state index in [1.807, 2.05) is 13.0 Å². The van der Waals surface area contributed by atoms with Crippen LogP contribution in [0, 0.1) is 13.8 Å². The molecule has 0 amide bonds. The number of rotatable bonds is 5. The van der Waals surface area contributed by atoms with Gasteiger partial charge in [-0.15, -0.1) is 0 Å². The lowest BCUT2D eigenvalue weighted by Gasteiger charge is -2.17. The molecule has 1 atom stereocenters. The van der Waals surface area contributed by atoms with Crippen LogP contribution in [0.2, 0.25) is 0 Å². The monoisotopic (exact) mass is 260 g/mol. The Labute approximate surface area is 113 Å². The maximum Gasteiger partial charge on any atom is 0.208 e. The Balaban J connectivity index is 2.05. The topological polar surface area (TPSA) is 47.3 Å². The third kappa shape index (κ3) is 3.35. The smallest absolute Gasteiger partial charge is 0.208 e. The summed E-state index contributed by atoms with van der Waals surface area (Å²) in [5, 5.41) is 3.39. The van der Waals surface area contributed by atoms with Gasteiger partial charge in [0, 0.05) is 11.6 Å². The average Bonchev–Trinajstić information content (AvgIpc) is 2.81. The number of hydrogen-bond acceptors (Lipinski definition) is 4. The van der Waals surface area contributed by atoms with Crippen molar-refractivity contribution in [2.45, 2.75) is 33.4 Å². The summed E-state index contributed by atoms with van der Waals surface area (Å²) in [7, 11) is 1.70. The summed E-state index contributed by atoms with van der Waals surface area (Å²) in [6, 6.07) is 6.39.